The molecule has 0 bridgehead atoms. The summed E-state index contributed by atoms with van der Waals surface area (Å²) in [7, 11) is 0. The van der Waals surface area contributed by atoms with Gasteiger partial charge in [-0.25, -0.2) is 9.97 Å². The van der Waals surface area contributed by atoms with Crippen molar-refractivity contribution in [1.29, 1.82) is 0 Å². The average Bonchev–Trinajstić information content (AvgIpc) is 3.16. The highest BCUT2D eigenvalue weighted by molar-refractivity contribution is 7.98. The van der Waals surface area contributed by atoms with Crippen LogP contribution in [0.15, 0.2) is 76.8 Å². The lowest BCUT2D eigenvalue weighted by Crippen LogP contribution is -2.23. The first-order valence-corrected chi connectivity index (χ1v) is 12.1. The van der Waals surface area contributed by atoms with Gasteiger partial charge in [-0.1, -0.05) is 71.4 Å². The maximum absolute atomic E-state index is 13.5. The first-order valence-electron chi connectivity index (χ1n) is 9.49. The molecule has 0 saturated heterocycles. The van der Waals surface area contributed by atoms with Gasteiger partial charge in [0.15, 0.2) is 5.16 Å². The Bertz CT molecular complexity index is 1480. The Morgan fingerprint density at radius 1 is 0.935 bits per heavy atom. The van der Waals surface area contributed by atoms with E-state index in [0.717, 1.165) is 21.3 Å². The summed E-state index contributed by atoms with van der Waals surface area (Å²) in [5, 5.41) is 2.83. The molecule has 0 aliphatic rings. The highest BCUT2D eigenvalue weighted by atomic mass is 35.5. The summed E-state index contributed by atoms with van der Waals surface area (Å²) in [6.45, 7) is 0.341. The molecule has 0 aliphatic carbocycles. The largest absolute Gasteiger partial charge is 0.282 e. The summed E-state index contributed by atoms with van der Waals surface area (Å²) in [6, 6.07) is 19.1. The predicted molar refractivity (Wildman–Crippen MR) is 131 cm³/mol. The molecule has 8 heteroatoms. The highest BCUT2D eigenvalue weighted by Crippen LogP contribution is 2.32. The molecule has 0 amide bonds. The Kier molecular flexibility index (Phi) is 5.71. The van der Waals surface area contributed by atoms with Crippen LogP contribution in [0.5, 0.6) is 0 Å². The Labute approximate surface area is 196 Å². The number of hydrogen-bond donors (Lipinski definition) is 0. The number of fused-ring (bicyclic) bond motifs is 3. The minimum atomic E-state index is -0.0884. The van der Waals surface area contributed by atoms with Gasteiger partial charge in [0.1, 0.15) is 9.53 Å². The van der Waals surface area contributed by atoms with Crippen LogP contribution in [0, 0.1) is 0 Å². The van der Waals surface area contributed by atoms with Gasteiger partial charge in [-0.05, 0) is 35.4 Å². The lowest BCUT2D eigenvalue weighted by atomic mass is 10.2. The Hall–Kier alpha value is -2.38. The van der Waals surface area contributed by atoms with E-state index in [2.05, 4.69) is 4.98 Å². The van der Waals surface area contributed by atoms with Gasteiger partial charge >= 0.3 is 0 Å². The van der Waals surface area contributed by atoms with E-state index in [0.29, 0.717) is 37.7 Å². The first kappa shape index (κ1) is 20.5. The van der Waals surface area contributed by atoms with Gasteiger partial charge < -0.3 is 0 Å². The fourth-order valence-electron chi connectivity index (χ4n) is 3.35. The Morgan fingerprint density at radius 2 is 1.65 bits per heavy atom. The van der Waals surface area contributed by atoms with Gasteiger partial charge in [0.2, 0.25) is 0 Å². The van der Waals surface area contributed by atoms with Crippen molar-refractivity contribution in [3.63, 3.8) is 0 Å². The number of halogens is 2. The van der Waals surface area contributed by atoms with Gasteiger partial charge in [0.25, 0.3) is 5.56 Å². The van der Waals surface area contributed by atoms with E-state index in [9.17, 15) is 4.79 Å². The summed E-state index contributed by atoms with van der Waals surface area (Å²) >= 11 is 15.6. The van der Waals surface area contributed by atoms with Crippen LogP contribution in [0.1, 0.15) is 11.1 Å². The van der Waals surface area contributed by atoms with Crippen LogP contribution < -0.4 is 5.56 Å². The van der Waals surface area contributed by atoms with Crippen molar-refractivity contribution in [3.8, 4) is 0 Å². The molecule has 3 heterocycles. The topological polar surface area (TPSA) is 47.8 Å². The van der Waals surface area contributed by atoms with Gasteiger partial charge in [-0.15, -0.1) is 11.3 Å². The number of thioether (sulfide) groups is 1. The third kappa shape index (κ3) is 3.96. The second-order valence-corrected chi connectivity index (χ2v) is 9.65. The van der Waals surface area contributed by atoms with Crippen molar-refractivity contribution in [3.05, 3.63) is 98.4 Å². The summed E-state index contributed by atoms with van der Waals surface area (Å²) in [6.07, 6.45) is 1.73. The van der Waals surface area contributed by atoms with Crippen LogP contribution in [0.3, 0.4) is 0 Å². The van der Waals surface area contributed by atoms with Crippen molar-refractivity contribution >= 4 is 66.7 Å². The van der Waals surface area contributed by atoms with Gasteiger partial charge in [-0.3, -0.25) is 9.36 Å². The van der Waals surface area contributed by atoms with Gasteiger partial charge in [0, 0.05) is 27.4 Å². The zero-order valence-electron chi connectivity index (χ0n) is 16.1. The molecule has 0 fully saturated rings. The first-order chi connectivity index (χ1) is 15.1. The molecule has 0 spiro atoms. The lowest BCUT2D eigenvalue weighted by Gasteiger charge is -2.13. The van der Waals surface area contributed by atoms with E-state index >= 15 is 0 Å². The van der Waals surface area contributed by atoms with Crippen molar-refractivity contribution < 1.29 is 0 Å². The summed E-state index contributed by atoms with van der Waals surface area (Å²) in [4.78, 5) is 23.7. The summed E-state index contributed by atoms with van der Waals surface area (Å²) < 4.78 is 2.29. The molecule has 0 N–H and O–H groups in total. The molecule has 2 aromatic carbocycles. The molecule has 0 radical (unpaired) electrons. The van der Waals surface area contributed by atoms with Crippen LogP contribution in [-0.2, 0) is 12.3 Å². The van der Waals surface area contributed by atoms with Crippen molar-refractivity contribution in [1.82, 2.24) is 14.5 Å². The molecule has 31 heavy (non-hydrogen) atoms. The van der Waals surface area contributed by atoms with Crippen LogP contribution in [0.2, 0.25) is 10.0 Å². The number of thiophene rings is 1. The maximum atomic E-state index is 13.5. The van der Waals surface area contributed by atoms with E-state index in [1.165, 1.54) is 23.1 Å². The van der Waals surface area contributed by atoms with Crippen molar-refractivity contribution in [2.45, 2.75) is 17.5 Å². The molecule has 5 rings (SSSR count). The van der Waals surface area contributed by atoms with E-state index in [1.54, 1.807) is 10.8 Å². The molecule has 4 nitrogen and oxygen atoms in total. The summed E-state index contributed by atoms with van der Waals surface area (Å²) in [5.74, 6) is 0.598. The molecule has 0 atom stereocenters. The third-order valence-electron chi connectivity index (χ3n) is 4.92. The number of benzene rings is 2. The molecule has 0 aliphatic heterocycles. The van der Waals surface area contributed by atoms with Gasteiger partial charge in [-0.2, -0.15) is 0 Å². The minimum absolute atomic E-state index is 0.0884. The SMILES string of the molecule is O=c1c2sc3ncccc3c2nc(SCc2ccccc2Cl)n1Cc1ccccc1Cl. The van der Waals surface area contributed by atoms with E-state index in [4.69, 9.17) is 28.2 Å². The molecule has 154 valence electrons. The monoisotopic (exact) mass is 483 g/mol. The minimum Gasteiger partial charge on any atom is -0.282 e. The second kappa shape index (κ2) is 8.63. The number of aromatic nitrogens is 3. The molecular weight excluding hydrogens is 469 g/mol. The normalized spacial score (nSPS) is 11.4. The fourth-order valence-corrected chi connectivity index (χ4v) is 5.85. The fraction of sp³-hybridized carbons (Fsp3) is 0.0870. The molecule has 0 saturated carbocycles. The van der Waals surface area contributed by atoms with E-state index in [1.807, 2.05) is 60.7 Å². The quantitative estimate of drug-likeness (QED) is 0.207. The average molecular weight is 484 g/mol. The standard InChI is InChI=1S/C23H15Cl2N3OS2/c24-17-9-3-1-6-14(17)12-28-22(29)20-19(16-8-5-11-26-21(16)31-20)27-23(28)30-13-15-7-2-4-10-18(15)25/h1-11H,12-13H2. The Morgan fingerprint density at radius 3 is 2.39 bits per heavy atom. The molecule has 0 unspecified atom stereocenters. The van der Waals surface area contributed by atoms with Crippen LogP contribution in [0.25, 0.3) is 20.4 Å². The summed E-state index contributed by atoms with van der Waals surface area (Å²) in [5.41, 5.74) is 2.46. The zero-order valence-corrected chi connectivity index (χ0v) is 19.2. The number of hydrogen-bond acceptors (Lipinski definition) is 5. The number of nitrogens with zero attached hydrogens (tertiary/aromatic N) is 3. The van der Waals surface area contributed by atoms with Crippen LogP contribution in [0.4, 0.5) is 0 Å². The van der Waals surface area contributed by atoms with E-state index < -0.39 is 0 Å². The number of pyridine rings is 1. The predicted octanol–water partition coefficient (Wildman–Crippen LogP) is 6.65. The molecule has 5 aromatic rings. The Balaban J connectivity index is 1.66. The molecular formula is C23H15Cl2N3OS2. The highest BCUT2D eigenvalue weighted by Gasteiger charge is 2.18. The van der Waals surface area contributed by atoms with E-state index in [-0.39, 0.29) is 5.56 Å². The van der Waals surface area contributed by atoms with Gasteiger partial charge in [0.05, 0.1) is 12.1 Å². The smallest absolute Gasteiger partial charge is 0.272 e. The van der Waals surface area contributed by atoms with Crippen molar-refractivity contribution in [2.75, 3.05) is 0 Å². The maximum Gasteiger partial charge on any atom is 0.272 e. The van der Waals surface area contributed by atoms with Crippen LogP contribution >= 0.6 is 46.3 Å². The molecule has 3 aromatic heterocycles. The third-order valence-corrected chi connectivity index (χ3v) is 7.77. The second-order valence-electron chi connectivity index (χ2n) is 6.89. The lowest BCUT2D eigenvalue weighted by molar-refractivity contribution is 0.660. The zero-order chi connectivity index (χ0) is 21.4. The van der Waals surface area contributed by atoms with Crippen molar-refractivity contribution in [2.24, 2.45) is 0 Å². The van der Waals surface area contributed by atoms with Crippen LogP contribution in [-0.4, -0.2) is 14.5 Å². The number of rotatable bonds is 5.